The summed E-state index contributed by atoms with van der Waals surface area (Å²) in [4.78, 5) is 5.39. The summed E-state index contributed by atoms with van der Waals surface area (Å²) >= 11 is 2.18. The van der Waals surface area contributed by atoms with Crippen molar-refractivity contribution in [3.63, 3.8) is 0 Å². The lowest BCUT2D eigenvalue weighted by atomic mass is 9.71. The van der Waals surface area contributed by atoms with E-state index in [1.54, 1.807) is 0 Å². The van der Waals surface area contributed by atoms with Crippen molar-refractivity contribution in [2.45, 2.75) is 159 Å². The molecule has 0 aromatic carbocycles. The summed E-state index contributed by atoms with van der Waals surface area (Å²) in [7, 11) is 0. The normalized spacial score (nSPS) is 28.5. The predicted molar refractivity (Wildman–Crippen MR) is 164 cm³/mol. The largest absolute Gasteiger partial charge is 0.375 e. The van der Waals surface area contributed by atoms with Crippen LogP contribution >= 0.6 is 11.8 Å². The van der Waals surface area contributed by atoms with Crippen LogP contribution in [0, 0.1) is 21.7 Å². The Bertz CT molecular complexity index is 572. The lowest BCUT2D eigenvalue weighted by Crippen LogP contribution is -2.65. The molecule has 0 saturated carbocycles. The molecule has 0 radical (unpaired) electrons. The molecule has 3 nitrogen and oxygen atoms in total. The molecule has 36 heavy (non-hydrogen) atoms. The van der Waals surface area contributed by atoms with Gasteiger partial charge in [-0.3, -0.25) is 9.80 Å². The van der Waals surface area contributed by atoms with E-state index in [2.05, 4.69) is 146 Å². The Morgan fingerprint density at radius 1 is 0.528 bits per heavy atom. The monoisotopic (exact) mass is 526 g/mol. The Labute approximate surface area is 232 Å². The van der Waals surface area contributed by atoms with E-state index in [1.165, 1.54) is 12.3 Å². The van der Waals surface area contributed by atoms with Gasteiger partial charge in [-0.1, -0.05) is 83.1 Å². The smallest absolute Gasteiger partial charge is 0.0784 e. The minimum atomic E-state index is 0.182. The Hall–Kier alpha value is 0.230. The predicted octanol–water partition coefficient (Wildman–Crippen LogP) is 8.61. The molecule has 2 fully saturated rings. The van der Waals surface area contributed by atoms with Crippen LogP contribution in [0.25, 0.3) is 0 Å². The number of hydrogen-bond acceptors (Lipinski definition) is 4. The van der Waals surface area contributed by atoms with E-state index in [1.807, 2.05) is 0 Å². The molecule has 0 bridgehead atoms. The molecule has 216 valence electrons. The van der Waals surface area contributed by atoms with Gasteiger partial charge in [0, 0.05) is 47.3 Å². The molecule has 2 aliphatic heterocycles. The fourth-order valence-electron chi connectivity index (χ4n) is 6.14. The van der Waals surface area contributed by atoms with Gasteiger partial charge in [0.15, 0.2) is 0 Å². The molecule has 4 heteroatoms. The second kappa shape index (κ2) is 11.4. The third-order valence-corrected chi connectivity index (χ3v) is 9.45. The first-order valence-electron chi connectivity index (χ1n) is 14.5. The Kier molecular flexibility index (Phi) is 10.8. The van der Waals surface area contributed by atoms with Gasteiger partial charge in [-0.25, -0.2) is 0 Å². The summed E-state index contributed by atoms with van der Waals surface area (Å²) in [6, 6.07) is 1.11. The van der Waals surface area contributed by atoms with Gasteiger partial charge in [0.25, 0.3) is 0 Å². The van der Waals surface area contributed by atoms with E-state index in [-0.39, 0.29) is 21.9 Å². The Morgan fingerprint density at radius 2 is 0.944 bits per heavy atom. The maximum absolute atomic E-state index is 6.17. The maximum Gasteiger partial charge on any atom is 0.0784 e. The SMILES string of the molecule is CC(C)(C)C1OCCN(C(C)(C)C)C1C(C)(C)C.CC(C)(C)C1SCCN(C(C)(C)C)C1C(C)(C)C. The average molecular weight is 527 g/mol. The topological polar surface area (TPSA) is 15.7 Å². The lowest BCUT2D eigenvalue weighted by Gasteiger charge is -2.56. The summed E-state index contributed by atoms with van der Waals surface area (Å²) in [5, 5.41) is 0.713. The number of morpholine rings is 1. The second-order valence-electron chi connectivity index (χ2n) is 17.7. The zero-order valence-corrected chi connectivity index (χ0v) is 28.7. The van der Waals surface area contributed by atoms with E-state index in [0.717, 1.165) is 13.2 Å². The highest BCUT2D eigenvalue weighted by Crippen LogP contribution is 2.46. The number of ether oxygens (including phenoxy) is 1. The Balaban J connectivity index is 0.000000360. The van der Waals surface area contributed by atoms with Crippen LogP contribution in [-0.2, 0) is 4.74 Å². The van der Waals surface area contributed by atoms with Crippen LogP contribution < -0.4 is 0 Å². The third kappa shape index (κ3) is 9.16. The molecular weight excluding hydrogens is 460 g/mol. The van der Waals surface area contributed by atoms with Gasteiger partial charge in [0.05, 0.1) is 12.7 Å². The molecule has 2 aliphatic rings. The number of hydrogen-bond donors (Lipinski definition) is 0. The van der Waals surface area contributed by atoms with Gasteiger partial charge in [-0.15, -0.1) is 0 Å². The molecule has 0 aromatic heterocycles. The first kappa shape index (κ1) is 34.3. The van der Waals surface area contributed by atoms with Crippen LogP contribution in [-0.4, -0.2) is 69.8 Å². The van der Waals surface area contributed by atoms with Crippen LogP contribution in [0.5, 0.6) is 0 Å². The van der Waals surface area contributed by atoms with E-state index in [9.17, 15) is 0 Å². The van der Waals surface area contributed by atoms with Crippen LogP contribution in [0.4, 0.5) is 0 Å². The van der Waals surface area contributed by atoms with Crippen molar-refractivity contribution in [1.29, 1.82) is 0 Å². The van der Waals surface area contributed by atoms with Gasteiger partial charge >= 0.3 is 0 Å². The molecule has 4 unspecified atom stereocenters. The van der Waals surface area contributed by atoms with Crippen molar-refractivity contribution in [2.24, 2.45) is 21.7 Å². The van der Waals surface area contributed by atoms with Crippen molar-refractivity contribution in [2.75, 3.05) is 25.4 Å². The number of thioether (sulfide) groups is 1. The van der Waals surface area contributed by atoms with Crippen molar-refractivity contribution in [3.8, 4) is 0 Å². The fraction of sp³-hybridized carbons (Fsp3) is 1.00. The molecule has 0 spiro atoms. The van der Waals surface area contributed by atoms with E-state index in [4.69, 9.17) is 4.74 Å². The summed E-state index contributed by atoms with van der Waals surface area (Å²) in [6.45, 7) is 45.5. The molecule has 0 N–H and O–H groups in total. The minimum Gasteiger partial charge on any atom is -0.375 e. The summed E-state index contributed by atoms with van der Waals surface area (Å²) < 4.78 is 6.17. The molecule has 0 aliphatic carbocycles. The first-order chi connectivity index (χ1) is 15.7. The molecule has 2 heterocycles. The van der Waals surface area contributed by atoms with Crippen molar-refractivity contribution >= 4 is 11.8 Å². The lowest BCUT2D eigenvalue weighted by molar-refractivity contribution is -0.167. The fourth-order valence-corrected chi connectivity index (χ4v) is 7.93. The zero-order valence-electron chi connectivity index (χ0n) is 27.8. The molecule has 2 saturated heterocycles. The maximum atomic E-state index is 6.17. The van der Waals surface area contributed by atoms with E-state index in [0.29, 0.717) is 34.3 Å². The van der Waals surface area contributed by atoms with Crippen LogP contribution in [0.1, 0.15) is 125 Å². The standard InChI is InChI=1S/C16H33NO.C16H33NS/c2*1-14(2,3)12-13(15(4,5)6)18-11-10-17(12)16(7,8)9/h2*12-13H,10-11H2,1-9H3. The van der Waals surface area contributed by atoms with Gasteiger partial charge in [0.1, 0.15) is 0 Å². The van der Waals surface area contributed by atoms with E-state index >= 15 is 0 Å². The van der Waals surface area contributed by atoms with Crippen LogP contribution in [0.15, 0.2) is 0 Å². The van der Waals surface area contributed by atoms with Crippen LogP contribution in [0.3, 0.4) is 0 Å². The van der Waals surface area contributed by atoms with Gasteiger partial charge < -0.3 is 4.74 Å². The third-order valence-electron chi connectivity index (χ3n) is 7.71. The highest BCUT2D eigenvalue weighted by Gasteiger charge is 2.49. The van der Waals surface area contributed by atoms with Gasteiger partial charge in [-0.05, 0) is 63.2 Å². The summed E-state index contributed by atoms with van der Waals surface area (Å²) in [5.74, 6) is 1.27. The van der Waals surface area contributed by atoms with E-state index < -0.39 is 0 Å². The number of rotatable bonds is 0. The highest BCUT2D eigenvalue weighted by molar-refractivity contribution is 8.00. The van der Waals surface area contributed by atoms with Crippen molar-refractivity contribution in [3.05, 3.63) is 0 Å². The molecule has 4 atom stereocenters. The van der Waals surface area contributed by atoms with Crippen molar-refractivity contribution < 1.29 is 4.74 Å². The summed E-state index contributed by atoms with van der Waals surface area (Å²) in [6.07, 6.45) is 0.297. The average Bonchev–Trinajstić information content (AvgIpc) is 2.63. The quantitative estimate of drug-likeness (QED) is 0.314. The number of nitrogens with zero attached hydrogens (tertiary/aromatic N) is 2. The van der Waals surface area contributed by atoms with Gasteiger partial charge in [0.2, 0.25) is 0 Å². The highest BCUT2D eigenvalue weighted by atomic mass is 32.2. The summed E-state index contributed by atoms with van der Waals surface area (Å²) in [5.41, 5.74) is 1.58. The zero-order chi connectivity index (χ0) is 28.7. The molecule has 0 aromatic rings. The van der Waals surface area contributed by atoms with Crippen LogP contribution in [0.2, 0.25) is 0 Å². The second-order valence-corrected chi connectivity index (χ2v) is 18.9. The molecule has 2 rings (SSSR count). The minimum absolute atomic E-state index is 0.182. The first-order valence-corrected chi connectivity index (χ1v) is 15.5. The Morgan fingerprint density at radius 3 is 1.28 bits per heavy atom. The molecular formula is C32H66N2OS. The molecule has 0 amide bonds. The van der Waals surface area contributed by atoms with Gasteiger partial charge in [-0.2, -0.15) is 11.8 Å². The van der Waals surface area contributed by atoms with Crippen molar-refractivity contribution in [1.82, 2.24) is 9.80 Å².